The van der Waals surface area contributed by atoms with Crippen LogP contribution in [0.1, 0.15) is 5.69 Å². The molecule has 16 heavy (non-hydrogen) atoms. The first kappa shape index (κ1) is 9.09. The Morgan fingerprint density at radius 3 is 2.88 bits per heavy atom. The second-order valence-corrected chi connectivity index (χ2v) is 3.73. The van der Waals surface area contributed by atoms with Crippen LogP contribution in [0.2, 0.25) is 0 Å². The van der Waals surface area contributed by atoms with Crippen LogP contribution in [0.25, 0.3) is 0 Å². The van der Waals surface area contributed by atoms with E-state index in [1.807, 2.05) is 43.7 Å². The summed E-state index contributed by atoms with van der Waals surface area (Å²) in [5, 5.41) is 0. The van der Waals surface area contributed by atoms with Gasteiger partial charge in [0.2, 0.25) is 0 Å². The second-order valence-electron chi connectivity index (χ2n) is 3.73. The Morgan fingerprint density at radius 1 is 1.25 bits per heavy atom. The molecule has 0 fully saturated rings. The number of hydrogen-bond donors (Lipinski definition) is 0. The highest BCUT2D eigenvalue weighted by atomic mass is 14.9. The summed E-state index contributed by atoms with van der Waals surface area (Å²) in [7, 11) is 2.02. The van der Waals surface area contributed by atoms with Gasteiger partial charge in [-0.1, -0.05) is 0 Å². The zero-order valence-electron chi connectivity index (χ0n) is 8.96. The molecule has 3 heteroatoms. The third kappa shape index (κ3) is 1.29. The molecule has 3 heterocycles. The largest absolute Gasteiger partial charge is 0.349 e. The molecule has 1 aromatic rings. The van der Waals surface area contributed by atoms with Gasteiger partial charge < -0.3 is 4.57 Å². The lowest BCUT2D eigenvalue weighted by Crippen LogP contribution is -2.07. The second kappa shape index (κ2) is 3.45. The number of aliphatic imine (C=N–C) groups is 2. The first-order valence-corrected chi connectivity index (χ1v) is 5.18. The number of rotatable bonds is 1. The maximum absolute atomic E-state index is 4.41. The van der Waals surface area contributed by atoms with E-state index in [9.17, 15) is 0 Å². The lowest BCUT2D eigenvalue weighted by atomic mass is 10.1. The zero-order valence-corrected chi connectivity index (χ0v) is 8.96. The van der Waals surface area contributed by atoms with Gasteiger partial charge in [0, 0.05) is 31.2 Å². The van der Waals surface area contributed by atoms with Gasteiger partial charge in [0.15, 0.2) is 0 Å². The van der Waals surface area contributed by atoms with Crippen molar-refractivity contribution < 1.29 is 0 Å². The number of aromatic nitrogens is 1. The van der Waals surface area contributed by atoms with Gasteiger partial charge in [0.25, 0.3) is 0 Å². The summed E-state index contributed by atoms with van der Waals surface area (Å²) in [6.45, 7) is 0. The third-order valence-corrected chi connectivity index (χ3v) is 2.72. The lowest BCUT2D eigenvalue weighted by molar-refractivity contribution is 0.915. The highest BCUT2D eigenvalue weighted by molar-refractivity contribution is 6.16. The molecule has 2 aliphatic rings. The lowest BCUT2D eigenvalue weighted by Gasteiger charge is -2.06. The maximum Gasteiger partial charge on any atom is 0.0960 e. The van der Waals surface area contributed by atoms with Crippen molar-refractivity contribution in [1.29, 1.82) is 0 Å². The van der Waals surface area contributed by atoms with Gasteiger partial charge in [-0.05, 0) is 30.4 Å². The minimum atomic E-state index is 0.980. The van der Waals surface area contributed by atoms with Crippen molar-refractivity contribution in [3.8, 4) is 0 Å². The van der Waals surface area contributed by atoms with Crippen molar-refractivity contribution >= 4 is 11.9 Å². The van der Waals surface area contributed by atoms with Gasteiger partial charge in [-0.2, -0.15) is 0 Å². The number of hydrogen-bond acceptors (Lipinski definition) is 2. The summed E-state index contributed by atoms with van der Waals surface area (Å²) < 4.78 is 2.06. The highest BCUT2D eigenvalue weighted by Gasteiger charge is 2.17. The fourth-order valence-electron chi connectivity index (χ4n) is 1.91. The van der Waals surface area contributed by atoms with E-state index in [-0.39, 0.29) is 0 Å². The monoisotopic (exact) mass is 209 g/mol. The molecule has 2 aliphatic heterocycles. The summed E-state index contributed by atoms with van der Waals surface area (Å²) >= 11 is 0. The van der Waals surface area contributed by atoms with Crippen LogP contribution in [0.3, 0.4) is 0 Å². The van der Waals surface area contributed by atoms with Crippen LogP contribution in [0.4, 0.5) is 0 Å². The van der Waals surface area contributed by atoms with E-state index in [0.717, 1.165) is 22.7 Å². The Balaban J connectivity index is 2.11. The van der Waals surface area contributed by atoms with Crippen LogP contribution < -0.4 is 0 Å². The van der Waals surface area contributed by atoms with E-state index >= 15 is 0 Å². The van der Waals surface area contributed by atoms with Gasteiger partial charge in [0.1, 0.15) is 0 Å². The molecule has 0 amide bonds. The van der Waals surface area contributed by atoms with Crippen molar-refractivity contribution in [3.05, 3.63) is 59.7 Å². The van der Waals surface area contributed by atoms with Crippen molar-refractivity contribution in [2.45, 2.75) is 0 Å². The predicted octanol–water partition coefficient (Wildman–Crippen LogP) is 2.24. The van der Waals surface area contributed by atoms with E-state index in [2.05, 4.69) is 20.6 Å². The molecule has 0 saturated heterocycles. The summed E-state index contributed by atoms with van der Waals surface area (Å²) in [5.41, 5.74) is 4.18. The first-order valence-electron chi connectivity index (χ1n) is 5.18. The van der Waals surface area contributed by atoms with Crippen molar-refractivity contribution in [1.82, 2.24) is 4.57 Å². The molecule has 3 nitrogen and oxygen atoms in total. The fourth-order valence-corrected chi connectivity index (χ4v) is 1.91. The Hall–Kier alpha value is -2.16. The molecule has 0 aromatic carbocycles. The van der Waals surface area contributed by atoms with Gasteiger partial charge in [-0.3, -0.25) is 9.98 Å². The minimum absolute atomic E-state index is 0.980. The molecule has 0 spiro atoms. The molecule has 0 aliphatic carbocycles. The van der Waals surface area contributed by atoms with Gasteiger partial charge >= 0.3 is 0 Å². The Morgan fingerprint density at radius 2 is 2.19 bits per heavy atom. The van der Waals surface area contributed by atoms with E-state index in [4.69, 9.17) is 0 Å². The maximum atomic E-state index is 4.41. The minimum Gasteiger partial charge on any atom is -0.349 e. The Labute approximate surface area is 93.8 Å². The summed E-state index contributed by atoms with van der Waals surface area (Å²) in [5.74, 6) is 0. The van der Waals surface area contributed by atoms with E-state index < -0.39 is 0 Å². The van der Waals surface area contributed by atoms with Crippen LogP contribution >= 0.6 is 0 Å². The van der Waals surface area contributed by atoms with Crippen molar-refractivity contribution in [2.75, 3.05) is 0 Å². The van der Waals surface area contributed by atoms with Crippen LogP contribution in [0.5, 0.6) is 0 Å². The smallest absolute Gasteiger partial charge is 0.0960 e. The molecular weight excluding hydrogens is 198 g/mol. The topological polar surface area (TPSA) is 29.6 Å². The first-order chi connectivity index (χ1) is 7.86. The zero-order chi connectivity index (χ0) is 11.0. The average molecular weight is 209 g/mol. The van der Waals surface area contributed by atoms with Crippen LogP contribution in [0.15, 0.2) is 64.0 Å². The van der Waals surface area contributed by atoms with E-state index in [0.29, 0.717) is 0 Å². The molecule has 1 aromatic heterocycles. The molecule has 0 bridgehead atoms. The molecule has 0 atom stereocenters. The normalized spacial score (nSPS) is 22.2. The molecular formula is C13H11N3. The van der Waals surface area contributed by atoms with Crippen molar-refractivity contribution in [2.24, 2.45) is 17.0 Å². The molecule has 3 rings (SSSR count). The average Bonchev–Trinajstić information content (AvgIpc) is 2.95. The highest BCUT2D eigenvalue weighted by Crippen LogP contribution is 2.22. The standard InChI is InChI=1S/C13H11N3/c1-16-9-3-5-12(16)13-10(6-8-15-13)11-4-2-7-14-11/h2-9H,1H3. The number of nitrogens with zero attached hydrogens (tertiary/aromatic N) is 3. The quantitative estimate of drug-likeness (QED) is 0.679. The van der Waals surface area contributed by atoms with Crippen LogP contribution in [-0.4, -0.2) is 16.5 Å². The summed E-state index contributed by atoms with van der Waals surface area (Å²) in [6, 6.07) is 4.08. The molecule has 0 radical (unpaired) electrons. The SMILES string of the molecule is Cn1cccc1C1=NC=CC1=C1C=CC=N1. The molecule has 0 N–H and O–H groups in total. The van der Waals surface area contributed by atoms with Gasteiger partial charge in [0.05, 0.1) is 17.1 Å². The van der Waals surface area contributed by atoms with E-state index in [1.54, 1.807) is 6.21 Å². The molecule has 0 saturated carbocycles. The summed E-state index contributed by atoms with van der Waals surface area (Å²) in [4.78, 5) is 8.72. The van der Waals surface area contributed by atoms with Crippen molar-refractivity contribution in [3.63, 3.8) is 0 Å². The Kier molecular flexibility index (Phi) is 1.96. The third-order valence-electron chi connectivity index (χ3n) is 2.72. The van der Waals surface area contributed by atoms with Crippen LogP contribution in [-0.2, 0) is 7.05 Å². The summed E-state index contributed by atoms with van der Waals surface area (Å²) in [6.07, 6.45) is 11.6. The van der Waals surface area contributed by atoms with Gasteiger partial charge in [-0.15, -0.1) is 0 Å². The Bertz CT molecular complexity index is 566. The number of aryl methyl sites for hydroxylation is 1. The van der Waals surface area contributed by atoms with Gasteiger partial charge in [-0.25, -0.2) is 0 Å². The van der Waals surface area contributed by atoms with Crippen LogP contribution in [0, 0.1) is 0 Å². The molecule has 78 valence electrons. The number of allylic oxidation sites excluding steroid dienone is 4. The van der Waals surface area contributed by atoms with E-state index in [1.165, 1.54) is 0 Å². The predicted molar refractivity (Wildman–Crippen MR) is 65.7 cm³/mol. The molecule has 0 unspecified atom stereocenters. The fraction of sp³-hybridized carbons (Fsp3) is 0.0769.